The number of likely N-dealkylation sites (tertiary alicyclic amines) is 1. The molecule has 12 heavy (non-hydrogen) atoms. The van der Waals surface area contributed by atoms with Gasteiger partial charge in [0.25, 0.3) is 0 Å². The Labute approximate surface area is 75.5 Å². The second-order valence-corrected chi connectivity index (χ2v) is 4.57. The maximum Gasteiger partial charge on any atom is 0.0237 e. The number of hydrogen-bond acceptors (Lipinski definition) is 2. The highest BCUT2D eigenvalue weighted by Crippen LogP contribution is 2.30. The van der Waals surface area contributed by atoms with Crippen molar-refractivity contribution in [2.75, 3.05) is 20.6 Å². The lowest BCUT2D eigenvalue weighted by molar-refractivity contribution is 0.232. The van der Waals surface area contributed by atoms with Gasteiger partial charge in [-0.2, -0.15) is 0 Å². The molecule has 2 rings (SSSR count). The maximum absolute atomic E-state index is 2.60. The minimum atomic E-state index is 0.788. The molecule has 2 heteroatoms. The van der Waals surface area contributed by atoms with Gasteiger partial charge in [-0.1, -0.05) is 0 Å². The second kappa shape index (κ2) is 3.00. The molecule has 1 aliphatic carbocycles. The highest BCUT2D eigenvalue weighted by atomic mass is 15.3. The molecule has 1 aliphatic heterocycles. The minimum absolute atomic E-state index is 0.788. The Bertz CT molecular complexity index is 155. The van der Waals surface area contributed by atoms with E-state index in [0.29, 0.717) is 0 Å². The molecule has 1 saturated carbocycles. The third-order valence-corrected chi connectivity index (χ3v) is 3.56. The Balaban J connectivity index is 1.88. The van der Waals surface area contributed by atoms with Gasteiger partial charge in [0, 0.05) is 24.7 Å². The molecule has 0 radical (unpaired) electrons. The molecule has 1 heterocycles. The summed E-state index contributed by atoms with van der Waals surface area (Å²) in [4.78, 5) is 5.07. The first-order chi connectivity index (χ1) is 5.68. The Morgan fingerprint density at radius 1 is 1.25 bits per heavy atom. The van der Waals surface area contributed by atoms with E-state index in [1.807, 2.05) is 0 Å². The lowest BCUT2D eigenvalue weighted by atomic mass is 10.2. The predicted octanol–water partition coefficient (Wildman–Crippen LogP) is 1.17. The summed E-state index contributed by atoms with van der Waals surface area (Å²) in [6.07, 6.45) is 4.24. The SMILES string of the molecule is CC1CC(N(C)C2CC2)CN1C. The van der Waals surface area contributed by atoms with Crippen molar-refractivity contribution in [2.45, 2.75) is 44.3 Å². The topological polar surface area (TPSA) is 6.48 Å². The van der Waals surface area contributed by atoms with E-state index in [1.165, 1.54) is 25.8 Å². The molecule has 2 aliphatic rings. The van der Waals surface area contributed by atoms with Gasteiger partial charge in [-0.3, -0.25) is 4.90 Å². The largest absolute Gasteiger partial charge is 0.302 e. The lowest BCUT2D eigenvalue weighted by Gasteiger charge is -2.23. The highest BCUT2D eigenvalue weighted by Gasteiger charge is 2.35. The van der Waals surface area contributed by atoms with E-state index in [4.69, 9.17) is 0 Å². The first-order valence-electron chi connectivity index (χ1n) is 5.10. The molecule has 0 aromatic heterocycles. The fraction of sp³-hybridized carbons (Fsp3) is 1.00. The molecule has 0 aromatic rings. The second-order valence-electron chi connectivity index (χ2n) is 4.57. The molecule has 0 spiro atoms. The van der Waals surface area contributed by atoms with Gasteiger partial charge in [0.1, 0.15) is 0 Å². The zero-order chi connectivity index (χ0) is 8.72. The predicted molar refractivity (Wildman–Crippen MR) is 51.3 cm³/mol. The monoisotopic (exact) mass is 168 g/mol. The molecule has 0 N–H and O–H groups in total. The van der Waals surface area contributed by atoms with Crippen LogP contribution >= 0.6 is 0 Å². The molecule has 2 nitrogen and oxygen atoms in total. The molecule has 2 unspecified atom stereocenters. The van der Waals surface area contributed by atoms with Crippen LogP contribution < -0.4 is 0 Å². The normalized spacial score (nSPS) is 38.0. The third-order valence-electron chi connectivity index (χ3n) is 3.56. The molecule has 2 fully saturated rings. The minimum Gasteiger partial charge on any atom is -0.302 e. The van der Waals surface area contributed by atoms with Crippen molar-refractivity contribution >= 4 is 0 Å². The van der Waals surface area contributed by atoms with E-state index in [0.717, 1.165) is 18.1 Å². The van der Waals surface area contributed by atoms with Crippen LogP contribution in [0.25, 0.3) is 0 Å². The van der Waals surface area contributed by atoms with Crippen LogP contribution in [0.5, 0.6) is 0 Å². The van der Waals surface area contributed by atoms with Crippen LogP contribution in [0.15, 0.2) is 0 Å². The van der Waals surface area contributed by atoms with Crippen LogP contribution in [-0.2, 0) is 0 Å². The summed E-state index contributed by atoms with van der Waals surface area (Å²) >= 11 is 0. The van der Waals surface area contributed by atoms with Crippen molar-refractivity contribution in [3.8, 4) is 0 Å². The summed E-state index contributed by atoms with van der Waals surface area (Å²) in [7, 11) is 4.54. The van der Waals surface area contributed by atoms with Crippen LogP contribution in [0.2, 0.25) is 0 Å². The van der Waals surface area contributed by atoms with E-state index in [1.54, 1.807) is 0 Å². The zero-order valence-electron chi connectivity index (χ0n) is 8.45. The summed E-state index contributed by atoms with van der Waals surface area (Å²) in [5, 5.41) is 0. The van der Waals surface area contributed by atoms with Crippen LogP contribution in [0, 0.1) is 0 Å². The zero-order valence-corrected chi connectivity index (χ0v) is 8.45. The molecule has 0 amide bonds. The standard InChI is InChI=1S/C10H20N2/c1-8-6-10(7-11(8)2)12(3)9-4-5-9/h8-10H,4-7H2,1-3H3. The van der Waals surface area contributed by atoms with Crippen LogP contribution in [0.3, 0.4) is 0 Å². The van der Waals surface area contributed by atoms with Gasteiger partial charge in [0.2, 0.25) is 0 Å². The number of hydrogen-bond donors (Lipinski definition) is 0. The van der Waals surface area contributed by atoms with E-state index < -0.39 is 0 Å². The smallest absolute Gasteiger partial charge is 0.0237 e. The Kier molecular flexibility index (Phi) is 2.13. The number of rotatable bonds is 2. The average molecular weight is 168 g/mol. The fourth-order valence-electron chi connectivity index (χ4n) is 2.24. The summed E-state index contributed by atoms with van der Waals surface area (Å²) < 4.78 is 0. The van der Waals surface area contributed by atoms with Crippen LogP contribution in [-0.4, -0.2) is 48.6 Å². The number of likely N-dealkylation sites (N-methyl/N-ethyl adjacent to an activating group) is 2. The van der Waals surface area contributed by atoms with Gasteiger partial charge in [-0.15, -0.1) is 0 Å². The van der Waals surface area contributed by atoms with Crippen LogP contribution in [0.1, 0.15) is 26.2 Å². The Morgan fingerprint density at radius 2 is 1.92 bits per heavy atom. The summed E-state index contributed by atoms with van der Waals surface area (Å²) in [5.74, 6) is 0. The number of nitrogens with zero attached hydrogens (tertiary/aromatic N) is 2. The van der Waals surface area contributed by atoms with Crippen molar-refractivity contribution in [1.29, 1.82) is 0 Å². The van der Waals surface area contributed by atoms with Gasteiger partial charge in [-0.25, -0.2) is 0 Å². The van der Waals surface area contributed by atoms with Crippen molar-refractivity contribution in [2.24, 2.45) is 0 Å². The molecule has 2 atom stereocenters. The third kappa shape index (κ3) is 1.50. The first-order valence-corrected chi connectivity index (χ1v) is 5.10. The van der Waals surface area contributed by atoms with Crippen LogP contribution in [0.4, 0.5) is 0 Å². The quantitative estimate of drug-likeness (QED) is 0.611. The van der Waals surface area contributed by atoms with Gasteiger partial charge < -0.3 is 4.90 Å². The molecular formula is C10H20N2. The summed E-state index contributed by atoms with van der Waals surface area (Å²) in [6, 6.07) is 2.54. The molecule has 0 bridgehead atoms. The summed E-state index contributed by atoms with van der Waals surface area (Å²) in [5.41, 5.74) is 0. The van der Waals surface area contributed by atoms with Gasteiger partial charge in [0.05, 0.1) is 0 Å². The Morgan fingerprint density at radius 3 is 2.33 bits per heavy atom. The average Bonchev–Trinajstić information content (AvgIpc) is 2.80. The van der Waals surface area contributed by atoms with Gasteiger partial charge in [0.15, 0.2) is 0 Å². The molecule has 70 valence electrons. The van der Waals surface area contributed by atoms with E-state index in [2.05, 4.69) is 30.8 Å². The van der Waals surface area contributed by atoms with E-state index >= 15 is 0 Å². The maximum atomic E-state index is 2.60. The van der Waals surface area contributed by atoms with Crippen molar-refractivity contribution in [1.82, 2.24) is 9.80 Å². The Hall–Kier alpha value is -0.0800. The fourth-order valence-corrected chi connectivity index (χ4v) is 2.24. The van der Waals surface area contributed by atoms with Crippen molar-refractivity contribution in [3.63, 3.8) is 0 Å². The highest BCUT2D eigenvalue weighted by molar-refractivity contribution is 4.92. The summed E-state index contributed by atoms with van der Waals surface area (Å²) in [6.45, 7) is 3.61. The molecule has 1 saturated heterocycles. The van der Waals surface area contributed by atoms with Crippen molar-refractivity contribution < 1.29 is 0 Å². The van der Waals surface area contributed by atoms with Gasteiger partial charge in [-0.05, 0) is 40.3 Å². The first kappa shape index (κ1) is 8.52. The lowest BCUT2D eigenvalue weighted by Crippen LogP contribution is -2.35. The van der Waals surface area contributed by atoms with E-state index in [9.17, 15) is 0 Å². The van der Waals surface area contributed by atoms with Crippen molar-refractivity contribution in [3.05, 3.63) is 0 Å². The molecule has 0 aromatic carbocycles. The van der Waals surface area contributed by atoms with Gasteiger partial charge >= 0.3 is 0 Å². The molecular weight excluding hydrogens is 148 g/mol. The van der Waals surface area contributed by atoms with E-state index in [-0.39, 0.29) is 0 Å².